The second-order valence-electron chi connectivity index (χ2n) is 3.96. The minimum absolute atomic E-state index is 0.0325. The van der Waals surface area contributed by atoms with Gasteiger partial charge in [-0.15, -0.1) is 0 Å². The van der Waals surface area contributed by atoms with Crippen LogP contribution in [0.3, 0.4) is 0 Å². The third-order valence-electron chi connectivity index (χ3n) is 2.99. The van der Waals surface area contributed by atoms with Gasteiger partial charge in [-0.25, -0.2) is 9.50 Å². The third-order valence-corrected chi connectivity index (χ3v) is 2.99. The van der Waals surface area contributed by atoms with Gasteiger partial charge in [-0.05, 0) is 11.6 Å². The van der Waals surface area contributed by atoms with Gasteiger partial charge in [-0.3, -0.25) is 4.79 Å². The van der Waals surface area contributed by atoms with E-state index in [4.69, 9.17) is 4.74 Å². The number of hydrogen-bond acceptors (Lipinski definition) is 4. The maximum absolute atomic E-state index is 11.0. The Balaban J connectivity index is 1.97. The molecule has 88 valence electrons. The summed E-state index contributed by atoms with van der Waals surface area (Å²) in [7, 11) is 0. The molecule has 0 N–H and O–H groups in total. The molecule has 1 aliphatic rings. The molecule has 0 spiro atoms. The zero-order valence-electron chi connectivity index (χ0n) is 9.19. The summed E-state index contributed by atoms with van der Waals surface area (Å²) in [5, 5.41) is 4.08. The zero-order chi connectivity index (χ0) is 11.7. The number of nitrogens with zero attached hydrogens (tertiary/aromatic N) is 4. The molecule has 0 saturated carbocycles. The molecule has 1 saturated heterocycles. The smallest absolute Gasteiger partial charge is 0.210 e. The van der Waals surface area contributed by atoms with E-state index < -0.39 is 0 Å². The van der Waals surface area contributed by atoms with Crippen molar-refractivity contribution in [2.24, 2.45) is 0 Å². The standard InChI is InChI=1S/C11H12N4O2/c16-8-14-3-4-17-6-10(14)9-1-2-11-12-7-13-15(11)5-9/h1-2,5,7-8,10H,3-4,6H2. The SMILES string of the molecule is O=CN1CCOCC1c1ccc2ncnn2c1. The van der Waals surface area contributed by atoms with E-state index in [0.717, 1.165) is 17.6 Å². The molecule has 0 aliphatic carbocycles. The van der Waals surface area contributed by atoms with Crippen LogP contribution in [0.25, 0.3) is 5.65 Å². The largest absolute Gasteiger partial charge is 0.377 e. The highest BCUT2D eigenvalue weighted by Crippen LogP contribution is 2.22. The molecule has 6 nitrogen and oxygen atoms in total. The number of hydrogen-bond donors (Lipinski definition) is 0. The van der Waals surface area contributed by atoms with Crippen LogP contribution in [-0.2, 0) is 9.53 Å². The van der Waals surface area contributed by atoms with Gasteiger partial charge in [0.15, 0.2) is 5.65 Å². The minimum atomic E-state index is -0.0325. The van der Waals surface area contributed by atoms with E-state index in [1.54, 1.807) is 9.42 Å². The van der Waals surface area contributed by atoms with Crippen LogP contribution >= 0.6 is 0 Å². The van der Waals surface area contributed by atoms with Gasteiger partial charge in [0.05, 0.1) is 19.3 Å². The second kappa shape index (κ2) is 4.14. The Morgan fingerprint density at radius 2 is 2.41 bits per heavy atom. The Labute approximate surface area is 97.8 Å². The van der Waals surface area contributed by atoms with Gasteiger partial charge in [0, 0.05) is 12.7 Å². The first-order chi connectivity index (χ1) is 8.38. The molecule has 17 heavy (non-hydrogen) atoms. The fraction of sp³-hybridized carbons (Fsp3) is 0.364. The summed E-state index contributed by atoms with van der Waals surface area (Å²) in [4.78, 5) is 16.8. The topological polar surface area (TPSA) is 59.7 Å². The molecule has 3 rings (SSSR count). The average Bonchev–Trinajstić information content (AvgIpc) is 2.85. The van der Waals surface area contributed by atoms with Crippen molar-refractivity contribution in [2.45, 2.75) is 6.04 Å². The van der Waals surface area contributed by atoms with E-state index in [1.165, 1.54) is 6.33 Å². The fourth-order valence-corrected chi connectivity index (χ4v) is 2.06. The minimum Gasteiger partial charge on any atom is -0.377 e. The molecule has 3 heterocycles. The number of ether oxygens (including phenoxy) is 1. The van der Waals surface area contributed by atoms with Crippen LogP contribution in [0.15, 0.2) is 24.7 Å². The molecule has 0 radical (unpaired) electrons. The molecule has 2 aromatic heterocycles. The molecule has 1 aliphatic heterocycles. The first-order valence-corrected chi connectivity index (χ1v) is 5.46. The highest BCUT2D eigenvalue weighted by Gasteiger charge is 2.23. The van der Waals surface area contributed by atoms with Crippen molar-refractivity contribution in [3.63, 3.8) is 0 Å². The van der Waals surface area contributed by atoms with Crippen LogP contribution in [0.2, 0.25) is 0 Å². The van der Waals surface area contributed by atoms with Gasteiger partial charge < -0.3 is 9.64 Å². The molecule has 1 fully saturated rings. The maximum atomic E-state index is 11.0. The number of aromatic nitrogens is 3. The van der Waals surface area contributed by atoms with Gasteiger partial charge in [0.2, 0.25) is 6.41 Å². The lowest BCUT2D eigenvalue weighted by molar-refractivity contribution is -0.126. The summed E-state index contributed by atoms with van der Waals surface area (Å²) in [6, 6.07) is 3.81. The van der Waals surface area contributed by atoms with Crippen molar-refractivity contribution in [3.8, 4) is 0 Å². The summed E-state index contributed by atoms with van der Waals surface area (Å²) < 4.78 is 7.12. The normalized spacial score (nSPS) is 20.7. The average molecular weight is 232 g/mol. The molecule has 6 heteroatoms. The fourth-order valence-electron chi connectivity index (χ4n) is 2.06. The molecule has 2 aromatic rings. The van der Waals surface area contributed by atoms with Crippen molar-refractivity contribution in [1.82, 2.24) is 19.5 Å². The summed E-state index contributed by atoms with van der Waals surface area (Å²) in [6.07, 6.45) is 4.27. The Kier molecular flexibility index (Phi) is 2.49. The number of morpholine rings is 1. The maximum Gasteiger partial charge on any atom is 0.210 e. The van der Waals surface area contributed by atoms with E-state index in [1.807, 2.05) is 18.3 Å². The van der Waals surface area contributed by atoms with Crippen molar-refractivity contribution in [2.75, 3.05) is 19.8 Å². The predicted octanol–water partition coefficient (Wildman–Crippen LogP) is 0.259. The van der Waals surface area contributed by atoms with Crippen molar-refractivity contribution >= 4 is 12.1 Å². The number of amides is 1. The van der Waals surface area contributed by atoms with E-state index in [0.29, 0.717) is 19.8 Å². The lowest BCUT2D eigenvalue weighted by Gasteiger charge is -2.32. The lowest BCUT2D eigenvalue weighted by Crippen LogP contribution is -2.38. The molecule has 0 aromatic carbocycles. The number of carbonyl (C=O) groups is 1. The zero-order valence-corrected chi connectivity index (χ0v) is 9.19. The van der Waals surface area contributed by atoms with E-state index in [-0.39, 0.29) is 6.04 Å². The summed E-state index contributed by atoms with van der Waals surface area (Å²) in [6.45, 7) is 1.75. The van der Waals surface area contributed by atoms with Crippen molar-refractivity contribution in [1.29, 1.82) is 0 Å². The quantitative estimate of drug-likeness (QED) is 0.697. The molecular weight excluding hydrogens is 220 g/mol. The number of fused-ring (bicyclic) bond motifs is 1. The van der Waals surface area contributed by atoms with E-state index in [9.17, 15) is 4.79 Å². The summed E-state index contributed by atoms with van der Waals surface area (Å²) in [5.41, 5.74) is 1.80. The first-order valence-electron chi connectivity index (χ1n) is 5.46. The Morgan fingerprint density at radius 1 is 1.47 bits per heavy atom. The van der Waals surface area contributed by atoms with E-state index in [2.05, 4.69) is 10.1 Å². The molecule has 0 bridgehead atoms. The van der Waals surface area contributed by atoms with Crippen LogP contribution in [0, 0.1) is 0 Å². The van der Waals surface area contributed by atoms with E-state index >= 15 is 0 Å². The second-order valence-corrected chi connectivity index (χ2v) is 3.96. The third kappa shape index (κ3) is 1.76. The molecule has 1 atom stereocenters. The highest BCUT2D eigenvalue weighted by molar-refractivity contribution is 5.49. The Bertz CT molecular complexity index is 539. The van der Waals surface area contributed by atoms with Crippen molar-refractivity contribution < 1.29 is 9.53 Å². The first kappa shape index (κ1) is 10.2. The van der Waals surface area contributed by atoms with Crippen LogP contribution in [0.1, 0.15) is 11.6 Å². The van der Waals surface area contributed by atoms with Crippen LogP contribution in [-0.4, -0.2) is 45.7 Å². The summed E-state index contributed by atoms with van der Waals surface area (Å²) in [5.74, 6) is 0. The van der Waals surface area contributed by atoms with Gasteiger partial charge in [0.25, 0.3) is 0 Å². The molecule has 1 unspecified atom stereocenters. The number of rotatable bonds is 2. The Morgan fingerprint density at radius 3 is 3.29 bits per heavy atom. The summed E-state index contributed by atoms with van der Waals surface area (Å²) >= 11 is 0. The number of carbonyl (C=O) groups excluding carboxylic acids is 1. The highest BCUT2D eigenvalue weighted by atomic mass is 16.5. The molecular formula is C11H12N4O2. The monoisotopic (exact) mass is 232 g/mol. The predicted molar refractivity (Wildman–Crippen MR) is 59.3 cm³/mol. The van der Waals surface area contributed by atoms with Gasteiger partial charge in [-0.2, -0.15) is 5.10 Å². The van der Waals surface area contributed by atoms with Crippen molar-refractivity contribution in [3.05, 3.63) is 30.2 Å². The lowest BCUT2D eigenvalue weighted by atomic mass is 10.1. The molecule has 1 amide bonds. The van der Waals surface area contributed by atoms with Gasteiger partial charge in [0.1, 0.15) is 6.33 Å². The number of pyridine rings is 1. The van der Waals surface area contributed by atoms with Crippen LogP contribution in [0.4, 0.5) is 0 Å². The van der Waals surface area contributed by atoms with Crippen LogP contribution < -0.4 is 0 Å². The van der Waals surface area contributed by atoms with Crippen LogP contribution in [0.5, 0.6) is 0 Å². The van der Waals surface area contributed by atoms with Gasteiger partial charge >= 0.3 is 0 Å². The van der Waals surface area contributed by atoms with Gasteiger partial charge in [-0.1, -0.05) is 6.07 Å². The Hall–Kier alpha value is -1.95.